The molecular weight excluding hydrogens is 406 g/mol. The van der Waals surface area contributed by atoms with Crippen molar-refractivity contribution in [3.63, 3.8) is 0 Å². The molecule has 9 heteroatoms. The smallest absolute Gasteiger partial charge is 0.225 e. The first-order chi connectivity index (χ1) is 15.6. The molecule has 0 saturated carbocycles. The molecule has 32 heavy (non-hydrogen) atoms. The van der Waals surface area contributed by atoms with Gasteiger partial charge in [-0.1, -0.05) is 6.07 Å². The summed E-state index contributed by atoms with van der Waals surface area (Å²) in [6, 6.07) is 12.1. The minimum absolute atomic E-state index is 0.125. The van der Waals surface area contributed by atoms with Gasteiger partial charge in [-0.2, -0.15) is 10.4 Å². The minimum Gasteiger partial charge on any atom is -0.372 e. The highest BCUT2D eigenvalue weighted by molar-refractivity contribution is 5.77. The third-order valence-electron chi connectivity index (χ3n) is 6.41. The van der Waals surface area contributed by atoms with Crippen LogP contribution in [0.5, 0.6) is 0 Å². The van der Waals surface area contributed by atoms with E-state index in [-0.39, 0.29) is 24.1 Å². The lowest BCUT2D eigenvalue weighted by atomic mass is 10.1. The molecule has 0 N–H and O–H groups in total. The second kappa shape index (κ2) is 8.55. The van der Waals surface area contributed by atoms with Crippen LogP contribution in [-0.2, 0) is 9.53 Å². The summed E-state index contributed by atoms with van der Waals surface area (Å²) in [6.07, 6.45) is 5.40. The number of likely N-dealkylation sites (tertiary alicyclic amines) is 1. The Hall–Kier alpha value is -3.51. The molecule has 2 aliphatic heterocycles. The van der Waals surface area contributed by atoms with E-state index in [0.717, 1.165) is 30.0 Å². The van der Waals surface area contributed by atoms with Gasteiger partial charge in [0.25, 0.3) is 0 Å². The molecule has 5 heterocycles. The largest absolute Gasteiger partial charge is 0.372 e. The molecule has 0 aromatic carbocycles. The Bertz CT molecular complexity index is 1140. The van der Waals surface area contributed by atoms with Crippen LogP contribution < -0.4 is 4.90 Å². The molecule has 2 bridgehead atoms. The highest BCUT2D eigenvalue weighted by atomic mass is 16.5. The van der Waals surface area contributed by atoms with Gasteiger partial charge in [-0.05, 0) is 44.0 Å². The van der Waals surface area contributed by atoms with E-state index in [1.165, 1.54) is 6.33 Å². The molecular formula is C23H25N7O2. The summed E-state index contributed by atoms with van der Waals surface area (Å²) >= 11 is 0. The van der Waals surface area contributed by atoms with Gasteiger partial charge in [-0.25, -0.2) is 14.5 Å². The SMILES string of the molecule is CC(OCCC(=O)N1CC2CC[C@@H](C1)N2c1ccc(C#N)cn1)c1cccc2ncnn12. The van der Waals surface area contributed by atoms with Gasteiger partial charge >= 0.3 is 0 Å². The Morgan fingerprint density at radius 2 is 2.03 bits per heavy atom. The molecule has 0 spiro atoms. The van der Waals surface area contributed by atoms with Crippen LogP contribution in [0.4, 0.5) is 5.82 Å². The maximum atomic E-state index is 12.9. The Morgan fingerprint density at radius 3 is 2.75 bits per heavy atom. The fourth-order valence-corrected chi connectivity index (χ4v) is 4.83. The van der Waals surface area contributed by atoms with Gasteiger partial charge in [0.05, 0.1) is 30.4 Å². The Morgan fingerprint density at radius 1 is 1.22 bits per heavy atom. The Balaban J connectivity index is 1.16. The number of aromatic nitrogens is 4. The van der Waals surface area contributed by atoms with E-state index in [4.69, 9.17) is 10.00 Å². The Kier molecular flexibility index (Phi) is 5.45. The average Bonchev–Trinajstić information content (AvgIpc) is 3.40. The fourth-order valence-electron chi connectivity index (χ4n) is 4.83. The summed E-state index contributed by atoms with van der Waals surface area (Å²) in [5.41, 5.74) is 2.25. The lowest BCUT2D eigenvalue weighted by molar-refractivity contribution is -0.133. The van der Waals surface area contributed by atoms with Crippen molar-refractivity contribution in [3.8, 4) is 6.07 Å². The third-order valence-corrected chi connectivity index (χ3v) is 6.41. The number of fused-ring (bicyclic) bond motifs is 3. The fraction of sp³-hybridized carbons (Fsp3) is 0.435. The topological polar surface area (TPSA) is 99.7 Å². The summed E-state index contributed by atoms with van der Waals surface area (Å²) in [5.74, 6) is 1.02. The first kappa shape index (κ1) is 20.4. The van der Waals surface area contributed by atoms with Gasteiger partial charge in [0.2, 0.25) is 5.91 Å². The summed E-state index contributed by atoms with van der Waals surface area (Å²) in [6.45, 7) is 3.72. The zero-order valence-corrected chi connectivity index (χ0v) is 18.0. The van der Waals surface area contributed by atoms with Crippen LogP contribution in [0, 0.1) is 11.3 Å². The number of piperazine rings is 1. The van der Waals surface area contributed by atoms with Crippen LogP contribution in [0.2, 0.25) is 0 Å². The second-order valence-electron chi connectivity index (χ2n) is 8.35. The maximum Gasteiger partial charge on any atom is 0.225 e. The van der Waals surface area contributed by atoms with Gasteiger partial charge in [0.15, 0.2) is 5.65 Å². The molecule has 9 nitrogen and oxygen atoms in total. The van der Waals surface area contributed by atoms with Crippen LogP contribution >= 0.6 is 0 Å². The molecule has 1 amide bonds. The van der Waals surface area contributed by atoms with Crippen molar-refractivity contribution in [2.24, 2.45) is 0 Å². The van der Waals surface area contributed by atoms with E-state index in [1.807, 2.05) is 36.1 Å². The summed E-state index contributed by atoms with van der Waals surface area (Å²) in [4.78, 5) is 25.8. The quantitative estimate of drug-likeness (QED) is 0.591. The third kappa shape index (κ3) is 3.78. The number of nitrogens with zero attached hydrogens (tertiary/aromatic N) is 7. The van der Waals surface area contributed by atoms with Gasteiger partial charge in [-0.15, -0.1) is 0 Å². The van der Waals surface area contributed by atoms with E-state index < -0.39 is 0 Å². The molecule has 5 rings (SSSR count). The van der Waals surface area contributed by atoms with Crippen molar-refractivity contribution in [3.05, 3.63) is 54.1 Å². The summed E-state index contributed by atoms with van der Waals surface area (Å²) in [7, 11) is 0. The average molecular weight is 432 g/mol. The number of nitriles is 1. The first-order valence-corrected chi connectivity index (χ1v) is 11.0. The zero-order chi connectivity index (χ0) is 22.1. The Labute approximate surface area is 186 Å². The minimum atomic E-state index is -0.191. The summed E-state index contributed by atoms with van der Waals surface area (Å²) < 4.78 is 7.73. The normalized spacial score (nSPS) is 21.0. The van der Waals surface area contributed by atoms with E-state index >= 15 is 0 Å². The standard InChI is InChI=1S/C23H25N7O2/c1-16(20-3-2-4-22-26-15-27-30(20)22)32-10-9-23(31)28-13-18-6-7-19(14-28)29(18)21-8-5-17(11-24)12-25-21/h2-5,8,12,15-16,18-19H,6-7,9-10,13-14H2,1H3/t16?,18-,19?/m0/s1. The molecule has 2 saturated heterocycles. The van der Waals surface area contributed by atoms with Crippen molar-refractivity contribution in [2.75, 3.05) is 24.6 Å². The molecule has 0 aliphatic carbocycles. The predicted molar refractivity (Wildman–Crippen MR) is 117 cm³/mol. The first-order valence-electron chi connectivity index (χ1n) is 11.0. The van der Waals surface area contributed by atoms with Gasteiger partial charge in [0, 0.05) is 31.4 Å². The number of carbonyl (C=O) groups excluding carboxylic acids is 1. The monoisotopic (exact) mass is 431 g/mol. The van der Waals surface area contributed by atoms with Crippen LogP contribution in [0.15, 0.2) is 42.9 Å². The van der Waals surface area contributed by atoms with Crippen molar-refractivity contribution in [2.45, 2.75) is 44.4 Å². The maximum absolute atomic E-state index is 12.9. The molecule has 3 aromatic rings. The molecule has 164 valence electrons. The molecule has 0 radical (unpaired) electrons. The number of amides is 1. The predicted octanol–water partition coefficient (Wildman–Crippen LogP) is 2.34. The van der Waals surface area contributed by atoms with Gasteiger partial charge in [-0.3, -0.25) is 4.79 Å². The molecule has 2 aliphatic rings. The molecule has 3 atom stereocenters. The number of hydrogen-bond donors (Lipinski definition) is 0. The van der Waals surface area contributed by atoms with Crippen molar-refractivity contribution >= 4 is 17.4 Å². The highest BCUT2D eigenvalue weighted by Crippen LogP contribution is 2.34. The zero-order valence-electron chi connectivity index (χ0n) is 18.0. The van der Waals surface area contributed by atoms with Crippen LogP contribution in [0.3, 0.4) is 0 Å². The van der Waals surface area contributed by atoms with E-state index in [0.29, 0.717) is 31.7 Å². The lowest BCUT2D eigenvalue weighted by Gasteiger charge is -2.41. The lowest BCUT2D eigenvalue weighted by Crippen LogP contribution is -2.55. The molecule has 3 aromatic heterocycles. The van der Waals surface area contributed by atoms with Gasteiger partial charge in [0.1, 0.15) is 18.2 Å². The summed E-state index contributed by atoms with van der Waals surface area (Å²) in [5, 5.41) is 13.2. The number of ether oxygens (including phenoxy) is 1. The van der Waals surface area contributed by atoms with Crippen LogP contribution in [0.25, 0.3) is 5.65 Å². The molecule has 2 unspecified atom stereocenters. The van der Waals surface area contributed by atoms with Crippen LogP contribution in [0.1, 0.15) is 43.5 Å². The number of anilines is 1. The van der Waals surface area contributed by atoms with Crippen molar-refractivity contribution in [1.29, 1.82) is 5.26 Å². The number of pyridine rings is 2. The van der Waals surface area contributed by atoms with E-state index in [2.05, 4.69) is 26.0 Å². The van der Waals surface area contributed by atoms with Crippen molar-refractivity contribution in [1.82, 2.24) is 24.5 Å². The second-order valence-corrected chi connectivity index (χ2v) is 8.35. The number of carbonyl (C=O) groups is 1. The highest BCUT2D eigenvalue weighted by Gasteiger charge is 2.41. The van der Waals surface area contributed by atoms with Gasteiger partial charge < -0.3 is 14.5 Å². The number of rotatable bonds is 6. The molecule has 2 fully saturated rings. The van der Waals surface area contributed by atoms with Crippen LogP contribution in [-0.4, -0.2) is 62.2 Å². The number of hydrogen-bond acceptors (Lipinski definition) is 7. The van der Waals surface area contributed by atoms with E-state index in [1.54, 1.807) is 16.8 Å². The van der Waals surface area contributed by atoms with E-state index in [9.17, 15) is 4.79 Å². The van der Waals surface area contributed by atoms with Crippen molar-refractivity contribution < 1.29 is 9.53 Å².